The lowest BCUT2D eigenvalue weighted by Gasteiger charge is -2.25. The molecule has 2 N–H and O–H groups in total. The first-order chi connectivity index (χ1) is 11.9. The van der Waals surface area contributed by atoms with Crippen LogP contribution in [0, 0.1) is 0 Å². The van der Waals surface area contributed by atoms with Crippen LogP contribution in [-0.2, 0) is 0 Å². The van der Waals surface area contributed by atoms with Crippen molar-refractivity contribution >= 4 is 22.8 Å². The molecule has 0 saturated heterocycles. The molecule has 0 fully saturated rings. The third kappa shape index (κ3) is 3.24. The van der Waals surface area contributed by atoms with E-state index in [4.69, 9.17) is 4.98 Å². The molecule has 6 nitrogen and oxygen atoms in total. The van der Waals surface area contributed by atoms with Crippen LogP contribution in [0.25, 0.3) is 22.3 Å². The summed E-state index contributed by atoms with van der Waals surface area (Å²) in [6, 6.07) is 11.7. The number of benzene rings is 2. The Labute approximate surface area is 145 Å². The van der Waals surface area contributed by atoms with Crippen molar-refractivity contribution in [3.05, 3.63) is 48.0 Å². The van der Waals surface area contributed by atoms with Gasteiger partial charge in [0.25, 0.3) is 0 Å². The van der Waals surface area contributed by atoms with E-state index in [9.17, 15) is 15.0 Å². The number of phenols is 1. The second kappa shape index (κ2) is 6.39. The monoisotopic (exact) mass is 337 g/mol. The van der Waals surface area contributed by atoms with E-state index in [1.54, 1.807) is 30.3 Å². The fraction of sp³-hybridized carbons (Fsp3) is 0.211. The van der Waals surface area contributed by atoms with Gasteiger partial charge in [-0.2, -0.15) is 0 Å². The number of hydrogen-bond acceptors (Lipinski definition) is 5. The zero-order valence-corrected chi connectivity index (χ0v) is 14.3. The molecule has 0 bridgehead atoms. The number of phenolic OH excluding ortho intramolecular Hbond substituents is 1. The van der Waals surface area contributed by atoms with Crippen LogP contribution in [0.4, 0.5) is 5.82 Å². The summed E-state index contributed by atoms with van der Waals surface area (Å²) in [5, 5.41) is 18.7. The van der Waals surface area contributed by atoms with Crippen molar-refractivity contribution in [1.29, 1.82) is 0 Å². The molecule has 3 rings (SSSR count). The van der Waals surface area contributed by atoms with Crippen LogP contribution in [0.15, 0.2) is 42.5 Å². The third-order valence-electron chi connectivity index (χ3n) is 4.14. The largest absolute Gasteiger partial charge is 0.508 e. The van der Waals surface area contributed by atoms with E-state index < -0.39 is 5.97 Å². The van der Waals surface area contributed by atoms with Crippen LogP contribution in [0.5, 0.6) is 5.75 Å². The molecular weight excluding hydrogens is 318 g/mol. The molecule has 128 valence electrons. The Kier molecular flexibility index (Phi) is 4.27. The number of aromatic hydroxyl groups is 1. The van der Waals surface area contributed by atoms with Gasteiger partial charge in [-0.1, -0.05) is 0 Å². The van der Waals surface area contributed by atoms with E-state index >= 15 is 0 Å². The first-order valence-electron chi connectivity index (χ1n) is 7.94. The van der Waals surface area contributed by atoms with E-state index in [0.29, 0.717) is 22.5 Å². The maximum absolute atomic E-state index is 11.2. The minimum absolute atomic E-state index is 0.178. The Morgan fingerprint density at radius 2 is 1.72 bits per heavy atom. The highest BCUT2D eigenvalue weighted by molar-refractivity contribution is 5.93. The van der Waals surface area contributed by atoms with Crippen molar-refractivity contribution in [3.63, 3.8) is 0 Å². The molecule has 0 amide bonds. The summed E-state index contributed by atoms with van der Waals surface area (Å²) in [6.07, 6.45) is 0. The van der Waals surface area contributed by atoms with Gasteiger partial charge in [-0.15, -0.1) is 0 Å². The van der Waals surface area contributed by atoms with Gasteiger partial charge >= 0.3 is 5.97 Å². The molecule has 0 aliphatic rings. The molecule has 0 unspecified atom stereocenters. The highest BCUT2D eigenvalue weighted by Gasteiger charge is 2.17. The number of aromatic carboxylic acids is 1. The SMILES string of the molecule is CC(C)N(C)c1nc2cc(C(=O)O)ccc2nc1-c1ccc(O)cc1. The minimum atomic E-state index is -0.995. The minimum Gasteiger partial charge on any atom is -0.508 e. The molecule has 1 aromatic heterocycles. The number of hydrogen-bond donors (Lipinski definition) is 2. The Hall–Kier alpha value is -3.15. The van der Waals surface area contributed by atoms with Gasteiger partial charge in [0.2, 0.25) is 0 Å². The Balaban J connectivity index is 2.26. The van der Waals surface area contributed by atoms with E-state index in [0.717, 1.165) is 5.56 Å². The first kappa shape index (κ1) is 16.7. The number of anilines is 1. The molecule has 0 radical (unpaired) electrons. The standard InChI is InChI=1S/C19H19N3O3/c1-11(2)22(3)18-17(12-4-7-14(23)8-5-12)20-15-9-6-13(19(24)25)10-16(15)21-18/h4-11,23H,1-3H3,(H,24,25). The molecule has 0 spiro atoms. The van der Waals surface area contributed by atoms with Crippen molar-refractivity contribution in [3.8, 4) is 17.0 Å². The normalized spacial score (nSPS) is 11.0. The summed E-state index contributed by atoms with van der Waals surface area (Å²) in [5.74, 6) is -0.150. The second-order valence-corrected chi connectivity index (χ2v) is 6.16. The molecule has 0 aliphatic heterocycles. The number of nitrogens with zero attached hydrogens (tertiary/aromatic N) is 3. The fourth-order valence-corrected chi connectivity index (χ4v) is 2.48. The lowest BCUT2D eigenvalue weighted by molar-refractivity contribution is 0.0697. The number of fused-ring (bicyclic) bond motifs is 1. The average molecular weight is 337 g/mol. The van der Waals surface area contributed by atoms with Gasteiger partial charge in [0, 0.05) is 18.7 Å². The van der Waals surface area contributed by atoms with Gasteiger partial charge < -0.3 is 15.1 Å². The number of carboxylic acids is 1. The van der Waals surface area contributed by atoms with Gasteiger partial charge in [0.15, 0.2) is 5.82 Å². The van der Waals surface area contributed by atoms with Crippen molar-refractivity contribution in [2.45, 2.75) is 19.9 Å². The molecule has 2 aromatic carbocycles. The van der Waals surface area contributed by atoms with Crippen LogP contribution < -0.4 is 4.90 Å². The Morgan fingerprint density at radius 1 is 1.04 bits per heavy atom. The zero-order chi connectivity index (χ0) is 18.1. The predicted molar refractivity (Wildman–Crippen MR) is 97.1 cm³/mol. The maximum Gasteiger partial charge on any atom is 0.335 e. The van der Waals surface area contributed by atoms with E-state index in [-0.39, 0.29) is 17.4 Å². The lowest BCUT2D eigenvalue weighted by atomic mass is 10.1. The smallest absolute Gasteiger partial charge is 0.335 e. The first-order valence-corrected chi connectivity index (χ1v) is 7.94. The number of aromatic nitrogens is 2. The molecule has 0 saturated carbocycles. The van der Waals surface area contributed by atoms with Crippen molar-refractivity contribution in [2.75, 3.05) is 11.9 Å². The van der Waals surface area contributed by atoms with Crippen LogP contribution in [0.2, 0.25) is 0 Å². The molecule has 6 heteroatoms. The summed E-state index contributed by atoms with van der Waals surface area (Å²) in [6.45, 7) is 4.08. The summed E-state index contributed by atoms with van der Waals surface area (Å²) in [5.41, 5.74) is 2.85. The third-order valence-corrected chi connectivity index (χ3v) is 4.14. The van der Waals surface area contributed by atoms with Gasteiger partial charge in [0.1, 0.15) is 11.4 Å². The Morgan fingerprint density at radius 3 is 2.32 bits per heavy atom. The van der Waals surface area contributed by atoms with Gasteiger partial charge in [-0.3, -0.25) is 0 Å². The summed E-state index contributed by atoms with van der Waals surface area (Å²) in [7, 11) is 1.92. The highest BCUT2D eigenvalue weighted by Crippen LogP contribution is 2.31. The molecule has 25 heavy (non-hydrogen) atoms. The van der Waals surface area contributed by atoms with Gasteiger partial charge in [-0.25, -0.2) is 14.8 Å². The zero-order valence-electron chi connectivity index (χ0n) is 14.3. The maximum atomic E-state index is 11.2. The van der Waals surface area contributed by atoms with Crippen LogP contribution in [0.3, 0.4) is 0 Å². The molecule has 0 atom stereocenters. The fourth-order valence-electron chi connectivity index (χ4n) is 2.48. The van der Waals surface area contributed by atoms with Crippen molar-refractivity contribution in [2.24, 2.45) is 0 Å². The topological polar surface area (TPSA) is 86.6 Å². The van der Waals surface area contributed by atoms with E-state index in [1.165, 1.54) is 12.1 Å². The highest BCUT2D eigenvalue weighted by atomic mass is 16.4. The molecule has 0 aliphatic carbocycles. The number of rotatable bonds is 4. The van der Waals surface area contributed by atoms with Crippen LogP contribution in [-0.4, -0.2) is 39.2 Å². The molecular formula is C19H19N3O3. The predicted octanol–water partition coefficient (Wildman–Crippen LogP) is 3.55. The summed E-state index contributed by atoms with van der Waals surface area (Å²) in [4.78, 5) is 22.6. The lowest BCUT2D eigenvalue weighted by Crippen LogP contribution is -2.27. The van der Waals surface area contributed by atoms with Crippen LogP contribution in [0.1, 0.15) is 24.2 Å². The average Bonchev–Trinajstić information content (AvgIpc) is 2.60. The number of carboxylic acid groups (broad SMARTS) is 1. The summed E-state index contributed by atoms with van der Waals surface area (Å²) < 4.78 is 0. The second-order valence-electron chi connectivity index (χ2n) is 6.16. The van der Waals surface area contributed by atoms with Crippen LogP contribution >= 0.6 is 0 Å². The van der Waals surface area contributed by atoms with Gasteiger partial charge in [0.05, 0.1) is 16.6 Å². The van der Waals surface area contributed by atoms with E-state index in [2.05, 4.69) is 4.98 Å². The van der Waals surface area contributed by atoms with E-state index in [1.807, 2.05) is 25.8 Å². The molecule has 3 aromatic rings. The van der Waals surface area contributed by atoms with Gasteiger partial charge in [-0.05, 0) is 56.3 Å². The molecule has 1 heterocycles. The van der Waals surface area contributed by atoms with Crippen molar-refractivity contribution < 1.29 is 15.0 Å². The summed E-state index contributed by atoms with van der Waals surface area (Å²) >= 11 is 0. The van der Waals surface area contributed by atoms with Crippen molar-refractivity contribution in [1.82, 2.24) is 9.97 Å². The Bertz CT molecular complexity index is 937. The quantitative estimate of drug-likeness (QED) is 0.757. The number of carbonyl (C=O) groups is 1.